The molecule has 2 aliphatic rings. The molecule has 6 heteroatoms. The van der Waals surface area contributed by atoms with Crippen LogP contribution in [0.2, 0.25) is 0 Å². The third kappa shape index (κ3) is 3.72. The van der Waals surface area contributed by atoms with Crippen LogP contribution < -0.4 is 5.32 Å². The zero-order valence-electron chi connectivity index (χ0n) is 10.4. The van der Waals surface area contributed by atoms with Crippen LogP contribution in [0.4, 0.5) is 4.79 Å². The van der Waals surface area contributed by atoms with Crippen molar-refractivity contribution in [1.29, 1.82) is 0 Å². The summed E-state index contributed by atoms with van der Waals surface area (Å²) in [5.74, 6) is 0. The van der Waals surface area contributed by atoms with Crippen LogP contribution in [-0.4, -0.2) is 68.3 Å². The Morgan fingerprint density at radius 1 is 1.24 bits per heavy atom. The molecule has 1 atom stereocenters. The van der Waals surface area contributed by atoms with E-state index in [4.69, 9.17) is 4.74 Å². The van der Waals surface area contributed by atoms with Crippen molar-refractivity contribution in [3.05, 3.63) is 0 Å². The van der Waals surface area contributed by atoms with Crippen molar-refractivity contribution in [2.24, 2.45) is 0 Å². The van der Waals surface area contributed by atoms with Crippen LogP contribution in [0.1, 0.15) is 12.8 Å². The third-order valence-electron chi connectivity index (χ3n) is 3.38. The molecule has 0 aromatic heterocycles. The van der Waals surface area contributed by atoms with E-state index in [1.807, 2.05) is 16.8 Å². The van der Waals surface area contributed by atoms with Gasteiger partial charge in [0, 0.05) is 32.2 Å². The number of ether oxygens (including phenoxy) is 1. The highest BCUT2D eigenvalue weighted by molar-refractivity contribution is 5.85. The molecule has 2 amide bonds. The fourth-order valence-corrected chi connectivity index (χ4v) is 2.34. The van der Waals surface area contributed by atoms with Crippen molar-refractivity contribution in [3.8, 4) is 0 Å². The second-order valence-electron chi connectivity index (χ2n) is 4.46. The number of likely N-dealkylation sites (N-methyl/N-ethyl adjacent to an activating group) is 1. The van der Waals surface area contributed by atoms with E-state index < -0.39 is 0 Å². The van der Waals surface area contributed by atoms with Crippen LogP contribution >= 0.6 is 12.4 Å². The monoisotopic (exact) mass is 263 g/mol. The number of rotatable bonds is 1. The highest BCUT2D eigenvalue weighted by Gasteiger charge is 2.27. The molecule has 0 aliphatic carbocycles. The maximum Gasteiger partial charge on any atom is 0.320 e. The van der Waals surface area contributed by atoms with E-state index in [2.05, 4.69) is 5.32 Å². The SMILES string of the molecule is CNC1CCCN(C(=O)N2CCOCC2)C1.Cl. The maximum absolute atomic E-state index is 12.2. The molecule has 100 valence electrons. The molecule has 0 aromatic rings. The van der Waals surface area contributed by atoms with Crippen LogP contribution in [0.15, 0.2) is 0 Å². The molecule has 5 nitrogen and oxygen atoms in total. The van der Waals surface area contributed by atoms with Crippen molar-refractivity contribution < 1.29 is 9.53 Å². The van der Waals surface area contributed by atoms with Crippen molar-refractivity contribution in [2.75, 3.05) is 46.4 Å². The number of nitrogens with zero attached hydrogens (tertiary/aromatic N) is 2. The fourth-order valence-electron chi connectivity index (χ4n) is 2.34. The zero-order valence-corrected chi connectivity index (χ0v) is 11.2. The quantitative estimate of drug-likeness (QED) is 0.751. The summed E-state index contributed by atoms with van der Waals surface area (Å²) < 4.78 is 5.25. The van der Waals surface area contributed by atoms with E-state index in [1.165, 1.54) is 6.42 Å². The predicted molar refractivity (Wildman–Crippen MR) is 68.7 cm³/mol. The predicted octanol–water partition coefficient (Wildman–Crippen LogP) is 0.544. The molecule has 2 aliphatic heterocycles. The van der Waals surface area contributed by atoms with Crippen LogP contribution in [-0.2, 0) is 4.74 Å². The van der Waals surface area contributed by atoms with E-state index >= 15 is 0 Å². The molecule has 0 bridgehead atoms. The van der Waals surface area contributed by atoms with E-state index in [1.54, 1.807) is 0 Å². The largest absolute Gasteiger partial charge is 0.378 e. The van der Waals surface area contributed by atoms with Gasteiger partial charge in [0.15, 0.2) is 0 Å². The van der Waals surface area contributed by atoms with Gasteiger partial charge in [-0.3, -0.25) is 0 Å². The first-order chi connectivity index (χ1) is 7.81. The van der Waals surface area contributed by atoms with Gasteiger partial charge >= 0.3 is 6.03 Å². The number of piperidine rings is 1. The smallest absolute Gasteiger partial charge is 0.320 e. The number of halogens is 1. The second kappa shape index (κ2) is 7.03. The van der Waals surface area contributed by atoms with E-state index in [0.717, 1.165) is 32.6 Å². The first-order valence-corrected chi connectivity index (χ1v) is 6.10. The molecule has 2 saturated heterocycles. The molecule has 2 rings (SSSR count). The number of hydrogen-bond acceptors (Lipinski definition) is 3. The van der Waals surface area contributed by atoms with Gasteiger partial charge in [0.1, 0.15) is 0 Å². The average molecular weight is 264 g/mol. The van der Waals surface area contributed by atoms with Gasteiger partial charge in [-0.1, -0.05) is 0 Å². The molecule has 17 heavy (non-hydrogen) atoms. The first-order valence-electron chi connectivity index (χ1n) is 6.10. The number of nitrogens with one attached hydrogen (secondary N) is 1. The summed E-state index contributed by atoms with van der Waals surface area (Å²) in [6.07, 6.45) is 2.27. The number of urea groups is 1. The Morgan fingerprint density at radius 2 is 1.94 bits per heavy atom. The Bertz CT molecular complexity index is 247. The van der Waals surface area contributed by atoms with Crippen molar-refractivity contribution in [1.82, 2.24) is 15.1 Å². The van der Waals surface area contributed by atoms with E-state index in [0.29, 0.717) is 19.3 Å². The van der Waals surface area contributed by atoms with Gasteiger partial charge < -0.3 is 19.9 Å². The van der Waals surface area contributed by atoms with E-state index in [-0.39, 0.29) is 18.4 Å². The maximum atomic E-state index is 12.2. The highest BCUT2D eigenvalue weighted by Crippen LogP contribution is 2.12. The van der Waals surface area contributed by atoms with Gasteiger partial charge in [0.25, 0.3) is 0 Å². The summed E-state index contributed by atoms with van der Waals surface area (Å²) in [4.78, 5) is 16.1. The Hall–Kier alpha value is -0.520. The Morgan fingerprint density at radius 3 is 2.59 bits per heavy atom. The molecule has 0 spiro atoms. The van der Waals surface area contributed by atoms with Crippen LogP contribution in [0.25, 0.3) is 0 Å². The molecule has 2 heterocycles. The summed E-state index contributed by atoms with van der Waals surface area (Å²) in [5, 5.41) is 3.25. The molecule has 0 saturated carbocycles. The Kier molecular flexibility index (Phi) is 6.02. The topological polar surface area (TPSA) is 44.8 Å². The molecule has 1 unspecified atom stereocenters. The molecule has 2 fully saturated rings. The normalized spacial score (nSPS) is 25.4. The minimum Gasteiger partial charge on any atom is -0.378 e. The van der Waals surface area contributed by atoms with Crippen LogP contribution in [0.5, 0.6) is 0 Å². The first kappa shape index (κ1) is 14.5. The number of likely N-dealkylation sites (tertiary alicyclic amines) is 1. The number of carbonyl (C=O) groups is 1. The van der Waals surface area contributed by atoms with Gasteiger partial charge in [-0.25, -0.2) is 4.79 Å². The lowest BCUT2D eigenvalue weighted by Gasteiger charge is -2.37. The van der Waals surface area contributed by atoms with Crippen LogP contribution in [0, 0.1) is 0 Å². The van der Waals surface area contributed by atoms with Crippen molar-refractivity contribution in [2.45, 2.75) is 18.9 Å². The summed E-state index contributed by atoms with van der Waals surface area (Å²) >= 11 is 0. The standard InChI is InChI=1S/C11H21N3O2.ClH/c1-12-10-3-2-4-14(9-10)11(15)13-5-7-16-8-6-13;/h10,12H,2-9H2,1H3;1H. The van der Waals surface area contributed by atoms with Gasteiger partial charge in [-0.15, -0.1) is 12.4 Å². The van der Waals surface area contributed by atoms with E-state index in [9.17, 15) is 4.79 Å². The van der Waals surface area contributed by atoms with Crippen molar-refractivity contribution in [3.63, 3.8) is 0 Å². The van der Waals surface area contributed by atoms with Gasteiger partial charge in [-0.2, -0.15) is 0 Å². The lowest BCUT2D eigenvalue weighted by Crippen LogP contribution is -2.53. The lowest BCUT2D eigenvalue weighted by atomic mass is 10.1. The zero-order chi connectivity index (χ0) is 11.4. The Balaban J connectivity index is 0.00000144. The summed E-state index contributed by atoms with van der Waals surface area (Å²) in [7, 11) is 1.97. The average Bonchev–Trinajstić information content (AvgIpc) is 2.39. The minimum atomic E-state index is 0. The molecule has 1 N–H and O–H groups in total. The number of amides is 2. The Labute approximate surface area is 109 Å². The van der Waals surface area contributed by atoms with Crippen LogP contribution in [0.3, 0.4) is 0 Å². The molecule has 0 aromatic carbocycles. The minimum absolute atomic E-state index is 0. The summed E-state index contributed by atoms with van der Waals surface area (Å²) in [6.45, 7) is 4.56. The molecular formula is C11H22ClN3O2. The second-order valence-corrected chi connectivity index (χ2v) is 4.46. The van der Waals surface area contributed by atoms with Gasteiger partial charge in [-0.05, 0) is 19.9 Å². The highest BCUT2D eigenvalue weighted by atomic mass is 35.5. The third-order valence-corrected chi connectivity index (χ3v) is 3.38. The lowest BCUT2D eigenvalue weighted by molar-refractivity contribution is 0.0404. The molecule has 0 radical (unpaired) electrons. The van der Waals surface area contributed by atoms with Crippen molar-refractivity contribution >= 4 is 18.4 Å². The number of morpholine rings is 1. The van der Waals surface area contributed by atoms with Gasteiger partial charge in [0.2, 0.25) is 0 Å². The number of carbonyl (C=O) groups excluding carboxylic acids is 1. The fraction of sp³-hybridized carbons (Fsp3) is 0.909. The summed E-state index contributed by atoms with van der Waals surface area (Å²) in [5.41, 5.74) is 0. The summed E-state index contributed by atoms with van der Waals surface area (Å²) in [6, 6.07) is 0.641. The number of hydrogen-bond donors (Lipinski definition) is 1. The molecular weight excluding hydrogens is 242 g/mol. The van der Waals surface area contributed by atoms with Gasteiger partial charge in [0.05, 0.1) is 13.2 Å².